The molecule has 2 rings (SSSR count). The van der Waals surface area contributed by atoms with E-state index in [0.29, 0.717) is 17.9 Å². The zero-order valence-electron chi connectivity index (χ0n) is 9.47. The highest BCUT2D eigenvalue weighted by molar-refractivity contribution is 5.99. The SMILES string of the molecule is COc1cncc(C(=O)C2OCCC2C)c1. The van der Waals surface area contributed by atoms with Crippen LogP contribution in [0.1, 0.15) is 23.7 Å². The topological polar surface area (TPSA) is 48.4 Å². The van der Waals surface area contributed by atoms with E-state index in [1.807, 2.05) is 6.92 Å². The number of aromatic nitrogens is 1. The van der Waals surface area contributed by atoms with Crippen LogP contribution in [0, 0.1) is 5.92 Å². The van der Waals surface area contributed by atoms with Gasteiger partial charge in [0.2, 0.25) is 0 Å². The standard InChI is InChI=1S/C12H15NO3/c1-8-3-4-16-12(8)11(14)9-5-10(15-2)7-13-6-9/h5-8,12H,3-4H2,1-2H3. The highest BCUT2D eigenvalue weighted by atomic mass is 16.5. The first-order valence-corrected chi connectivity index (χ1v) is 5.37. The molecule has 1 saturated heterocycles. The van der Waals surface area contributed by atoms with E-state index in [9.17, 15) is 4.79 Å². The summed E-state index contributed by atoms with van der Waals surface area (Å²) in [4.78, 5) is 16.1. The van der Waals surface area contributed by atoms with Gasteiger partial charge in [0.15, 0.2) is 5.78 Å². The number of ketones is 1. The van der Waals surface area contributed by atoms with Crippen molar-refractivity contribution in [3.63, 3.8) is 0 Å². The number of hydrogen-bond donors (Lipinski definition) is 0. The molecular formula is C12H15NO3. The highest BCUT2D eigenvalue weighted by Gasteiger charge is 2.31. The number of carbonyl (C=O) groups excluding carboxylic acids is 1. The van der Waals surface area contributed by atoms with Gasteiger partial charge in [-0.3, -0.25) is 9.78 Å². The van der Waals surface area contributed by atoms with E-state index in [4.69, 9.17) is 9.47 Å². The molecule has 0 N–H and O–H groups in total. The number of pyridine rings is 1. The average Bonchev–Trinajstić information content (AvgIpc) is 2.74. The lowest BCUT2D eigenvalue weighted by Crippen LogP contribution is -2.25. The highest BCUT2D eigenvalue weighted by Crippen LogP contribution is 2.24. The number of hydrogen-bond acceptors (Lipinski definition) is 4. The third kappa shape index (κ3) is 2.07. The first-order chi connectivity index (χ1) is 7.72. The van der Waals surface area contributed by atoms with Crippen molar-refractivity contribution >= 4 is 5.78 Å². The van der Waals surface area contributed by atoms with Crippen molar-refractivity contribution in [1.29, 1.82) is 0 Å². The van der Waals surface area contributed by atoms with E-state index in [2.05, 4.69) is 4.98 Å². The predicted octanol–water partition coefficient (Wildman–Crippen LogP) is 1.70. The molecule has 0 spiro atoms. The fourth-order valence-electron chi connectivity index (χ4n) is 1.86. The number of rotatable bonds is 3. The van der Waals surface area contributed by atoms with Gasteiger partial charge < -0.3 is 9.47 Å². The summed E-state index contributed by atoms with van der Waals surface area (Å²) < 4.78 is 10.5. The molecule has 0 aromatic carbocycles. The molecule has 0 aliphatic carbocycles. The van der Waals surface area contributed by atoms with E-state index in [0.717, 1.165) is 6.42 Å². The molecule has 1 aliphatic rings. The largest absolute Gasteiger partial charge is 0.495 e. The molecule has 4 heteroatoms. The summed E-state index contributed by atoms with van der Waals surface area (Å²) in [7, 11) is 1.56. The van der Waals surface area contributed by atoms with Crippen molar-refractivity contribution in [2.75, 3.05) is 13.7 Å². The average molecular weight is 221 g/mol. The van der Waals surface area contributed by atoms with Crippen LogP contribution in [-0.4, -0.2) is 30.6 Å². The molecule has 0 bridgehead atoms. The monoisotopic (exact) mass is 221 g/mol. The summed E-state index contributed by atoms with van der Waals surface area (Å²) in [6.45, 7) is 2.69. The van der Waals surface area contributed by atoms with Crippen LogP contribution in [0.5, 0.6) is 5.75 Å². The van der Waals surface area contributed by atoms with Crippen LogP contribution in [0.15, 0.2) is 18.5 Å². The number of carbonyl (C=O) groups is 1. The zero-order valence-corrected chi connectivity index (χ0v) is 9.47. The molecule has 16 heavy (non-hydrogen) atoms. The fourth-order valence-corrected chi connectivity index (χ4v) is 1.86. The van der Waals surface area contributed by atoms with Gasteiger partial charge in [0, 0.05) is 18.4 Å². The number of methoxy groups -OCH3 is 1. The van der Waals surface area contributed by atoms with Gasteiger partial charge >= 0.3 is 0 Å². The molecule has 2 atom stereocenters. The fraction of sp³-hybridized carbons (Fsp3) is 0.500. The first kappa shape index (κ1) is 11.1. The van der Waals surface area contributed by atoms with Crippen LogP contribution in [0.4, 0.5) is 0 Å². The van der Waals surface area contributed by atoms with E-state index in [1.165, 1.54) is 0 Å². The first-order valence-electron chi connectivity index (χ1n) is 5.37. The number of ether oxygens (including phenoxy) is 2. The second kappa shape index (κ2) is 4.61. The molecule has 4 nitrogen and oxygen atoms in total. The van der Waals surface area contributed by atoms with Gasteiger partial charge in [-0.2, -0.15) is 0 Å². The minimum absolute atomic E-state index is 0.00333. The Hall–Kier alpha value is -1.42. The quantitative estimate of drug-likeness (QED) is 0.729. The second-order valence-corrected chi connectivity index (χ2v) is 4.04. The molecule has 1 fully saturated rings. The zero-order chi connectivity index (χ0) is 11.5. The van der Waals surface area contributed by atoms with Crippen molar-refractivity contribution < 1.29 is 14.3 Å². The maximum Gasteiger partial charge on any atom is 0.193 e. The van der Waals surface area contributed by atoms with E-state index >= 15 is 0 Å². The third-order valence-corrected chi connectivity index (χ3v) is 2.88. The molecule has 1 aromatic rings. The van der Waals surface area contributed by atoms with Gasteiger partial charge in [0.05, 0.1) is 13.3 Å². The van der Waals surface area contributed by atoms with Gasteiger partial charge in [-0.1, -0.05) is 6.92 Å². The Kier molecular flexibility index (Phi) is 3.19. The minimum atomic E-state index is -0.325. The summed E-state index contributed by atoms with van der Waals surface area (Å²) in [5.41, 5.74) is 0.554. The van der Waals surface area contributed by atoms with Crippen molar-refractivity contribution in [3.05, 3.63) is 24.0 Å². The molecule has 1 aliphatic heterocycles. The molecule has 0 amide bonds. The third-order valence-electron chi connectivity index (χ3n) is 2.88. The van der Waals surface area contributed by atoms with Crippen LogP contribution in [0.3, 0.4) is 0 Å². The minimum Gasteiger partial charge on any atom is -0.495 e. The predicted molar refractivity (Wildman–Crippen MR) is 58.6 cm³/mol. The summed E-state index contributed by atoms with van der Waals surface area (Å²) >= 11 is 0. The summed E-state index contributed by atoms with van der Waals surface area (Å²) in [6.07, 6.45) is 3.75. The summed E-state index contributed by atoms with van der Waals surface area (Å²) in [5.74, 6) is 0.867. The van der Waals surface area contributed by atoms with E-state index in [-0.39, 0.29) is 17.8 Å². The van der Waals surface area contributed by atoms with Gasteiger partial charge in [-0.25, -0.2) is 0 Å². The van der Waals surface area contributed by atoms with Crippen LogP contribution < -0.4 is 4.74 Å². The Labute approximate surface area is 94.6 Å². The van der Waals surface area contributed by atoms with Crippen molar-refractivity contribution in [2.45, 2.75) is 19.4 Å². The molecule has 2 heterocycles. The van der Waals surface area contributed by atoms with E-state index < -0.39 is 0 Å². The van der Waals surface area contributed by atoms with Crippen LogP contribution >= 0.6 is 0 Å². The molecule has 86 valence electrons. The Balaban J connectivity index is 2.19. The van der Waals surface area contributed by atoms with Crippen LogP contribution in [0.25, 0.3) is 0 Å². The Morgan fingerprint density at radius 1 is 1.56 bits per heavy atom. The Morgan fingerprint density at radius 2 is 2.38 bits per heavy atom. The Morgan fingerprint density at radius 3 is 3.00 bits per heavy atom. The molecule has 2 unspecified atom stereocenters. The van der Waals surface area contributed by atoms with Gasteiger partial charge in [0.1, 0.15) is 11.9 Å². The van der Waals surface area contributed by atoms with E-state index in [1.54, 1.807) is 25.6 Å². The molecular weight excluding hydrogens is 206 g/mol. The van der Waals surface area contributed by atoms with Gasteiger partial charge in [-0.15, -0.1) is 0 Å². The normalized spacial score (nSPS) is 24.4. The van der Waals surface area contributed by atoms with Gasteiger partial charge in [0.25, 0.3) is 0 Å². The maximum atomic E-state index is 12.1. The van der Waals surface area contributed by atoms with Gasteiger partial charge in [-0.05, 0) is 18.4 Å². The number of nitrogens with zero attached hydrogens (tertiary/aromatic N) is 1. The smallest absolute Gasteiger partial charge is 0.193 e. The Bertz CT molecular complexity index is 392. The van der Waals surface area contributed by atoms with Crippen molar-refractivity contribution in [1.82, 2.24) is 4.98 Å². The second-order valence-electron chi connectivity index (χ2n) is 4.04. The molecule has 0 radical (unpaired) electrons. The van der Waals surface area contributed by atoms with Crippen molar-refractivity contribution in [2.24, 2.45) is 5.92 Å². The summed E-state index contributed by atoms with van der Waals surface area (Å²) in [6, 6.07) is 1.70. The maximum absolute atomic E-state index is 12.1. The van der Waals surface area contributed by atoms with Crippen LogP contribution in [-0.2, 0) is 4.74 Å². The molecule has 0 saturated carbocycles. The summed E-state index contributed by atoms with van der Waals surface area (Å²) in [5, 5.41) is 0. The molecule has 1 aromatic heterocycles. The lowest BCUT2D eigenvalue weighted by atomic mass is 9.97. The van der Waals surface area contributed by atoms with Crippen molar-refractivity contribution in [3.8, 4) is 5.75 Å². The van der Waals surface area contributed by atoms with Crippen LogP contribution in [0.2, 0.25) is 0 Å². The number of Topliss-reactive ketones (excluding diaryl/α,β-unsaturated/α-hetero) is 1. The lowest BCUT2D eigenvalue weighted by Gasteiger charge is -2.13. The lowest BCUT2D eigenvalue weighted by molar-refractivity contribution is 0.0579.